The van der Waals surface area contributed by atoms with Gasteiger partial charge in [0.15, 0.2) is 6.10 Å². The first-order chi connectivity index (χ1) is 10.8. The molecule has 0 spiro atoms. The van der Waals surface area contributed by atoms with Gasteiger partial charge in [0, 0.05) is 18.9 Å². The van der Waals surface area contributed by atoms with Crippen molar-refractivity contribution < 1.29 is 22.7 Å². The molecule has 1 N–H and O–H groups in total. The number of benzene rings is 1. The highest BCUT2D eigenvalue weighted by atomic mass is 19.4. The summed E-state index contributed by atoms with van der Waals surface area (Å²) in [7, 11) is 1.47. The fourth-order valence-corrected chi connectivity index (χ4v) is 2.37. The fraction of sp³-hybridized carbons (Fsp3) is 0.312. The van der Waals surface area contributed by atoms with Crippen molar-refractivity contribution in [3.63, 3.8) is 0 Å². The molecule has 1 aromatic carbocycles. The van der Waals surface area contributed by atoms with E-state index in [-0.39, 0.29) is 0 Å². The van der Waals surface area contributed by atoms with Crippen LogP contribution < -0.4 is 0 Å². The SMILES string of the molecule is CN(C[C@@H](O)C(F)(F)F)[C@H](c1ccc(F)cc1)c1cccnc1. The number of aliphatic hydroxyl groups excluding tert-OH is 1. The second-order valence-electron chi connectivity index (χ2n) is 5.24. The first-order valence-corrected chi connectivity index (χ1v) is 6.89. The summed E-state index contributed by atoms with van der Waals surface area (Å²) < 4.78 is 50.9. The normalized spacial score (nSPS) is 14.7. The van der Waals surface area contributed by atoms with Gasteiger partial charge in [0.05, 0.1) is 6.04 Å². The van der Waals surface area contributed by atoms with Gasteiger partial charge in [0.25, 0.3) is 0 Å². The molecule has 0 fully saturated rings. The van der Waals surface area contributed by atoms with Gasteiger partial charge in [-0.05, 0) is 36.4 Å². The van der Waals surface area contributed by atoms with Crippen molar-refractivity contribution in [3.8, 4) is 0 Å². The summed E-state index contributed by atoms with van der Waals surface area (Å²) in [6, 6.07) is 8.30. The number of hydrogen-bond acceptors (Lipinski definition) is 3. The van der Waals surface area contributed by atoms with Crippen LogP contribution in [0.1, 0.15) is 17.2 Å². The maximum atomic E-state index is 13.1. The third-order valence-corrected chi connectivity index (χ3v) is 3.47. The Hall–Kier alpha value is -1.99. The molecule has 0 unspecified atom stereocenters. The summed E-state index contributed by atoms with van der Waals surface area (Å²) in [5.41, 5.74) is 1.26. The van der Waals surface area contributed by atoms with Crippen LogP contribution in [0.5, 0.6) is 0 Å². The second-order valence-corrected chi connectivity index (χ2v) is 5.24. The molecule has 0 saturated carbocycles. The van der Waals surface area contributed by atoms with Crippen molar-refractivity contribution in [2.24, 2.45) is 0 Å². The largest absolute Gasteiger partial charge is 0.415 e. The average Bonchev–Trinajstić information content (AvgIpc) is 2.49. The lowest BCUT2D eigenvalue weighted by atomic mass is 9.98. The van der Waals surface area contributed by atoms with Crippen LogP contribution in [0.4, 0.5) is 17.6 Å². The Morgan fingerprint density at radius 2 is 1.78 bits per heavy atom. The van der Waals surface area contributed by atoms with E-state index in [1.54, 1.807) is 18.3 Å². The van der Waals surface area contributed by atoms with E-state index in [1.807, 2.05) is 0 Å². The lowest BCUT2D eigenvalue weighted by molar-refractivity contribution is -0.208. The molecule has 0 aliphatic rings. The third-order valence-electron chi connectivity index (χ3n) is 3.47. The van der Waals surface area contributed by atoms with E-state index < -0.39 is 30.7 Å². The molecule has 23 heavy (non-hydrogen) atoms. The van der Waals surface area contributed by atoms with Gasteiger partial charge in [0.2, 0.25) is 0 Å². The quantitative estimate of drug-likeness (QED) is 0.857. The van der Waals surface area contributed by atoms with E-state index in [0.29, 0.717) is 11.1 Å². The number of rotatable bonds is 5. The van der Waals surface area contributed by atoms with Gasteiger partial charge >= 0.3 is 6.18 Å². The van der Waals surface area contributed by atoms with E-state index >= 15 is 0 Å². The van der Waals surface area contributed by atoms with E-state index in [4.69, 9.17) is 0 Å². The highest BCUT2D eigenvalue weighted by Crippen LogP contribution is 2.29. The molecule has 2 atom stereocenters. The van der Waals surface area contributed by atoms with Gasteiger partial charge in [-0.2, -0.15) is 13.2 Å². The Morgan fingerprint density at radius 3 is 2.30 bits per heavy atom. The zero-order valence-electron chi connectivity index (χ0n) is 12.3. The van der Waals surface area contributed by atoms with Crippen LogP contribution in [0.2, 0.25) is 0 Å². The van der Waals surface area contributed by atoms with Crippen LogP contribution in [-0.4, -0.2) is 40.9 Å². The highest BCUT2D eigenvalue weighted by molar-refractivity contribution is 5.30. The second kappa shape index (κ2) is 7.06. The molecule has 124 valence electrons. The number of pyridine rings is 1. The van der Waals surface area contributed by atoms with Crippen LogP contribution in [-0.2, 0) is 0 Å². The minimum atomic E-state index is -4.70. The van der Waals surface area contributed by atoms with Crippen molar-refractivity contribution >= 4 is 0 Å². The molecule has 0 saturated heterocycles. The topological polar surface area (TPSA) is 36.4 Å². The molecular formula is C16H16F4N2O. The number of aromatic nitrogens is 1. The predicted octanol–water partition coefficient (Wildman–Crippen LogP) is 3.17. The zero-order valence-corrected chi connectivity index (χ0v) is 12.3. The Balaban J connectivity index is 2.32. The number of aliphatic hydroxyl groups is 1. The minimum absolute atomic E-state index is 0.434. The maximum Gasteiger partial charge on any atom is 0.415 e. The molecule has 3 nitrogen and oxygen atoms in total. The van der Waals surface area contributed by atoms with Gasteiger partial charge in [-0.25, -0.2) is 4.39 Å². The average molecular weight is 328 g/mol. The Kier molecular flexibility index (Phi) is 5.33. The standard InChI is InChI=1S/C16H16F4N2O/c1-22(10-14(23)16(18,19)20)15(12-3-2-8-21-9-12)11-4-6-13(17)7-5-11/h2-9,14-15,23H,10H2,1H3/t14-,15-/m1/s1. The lowest BCUT2D eigenvalue weighted by Gasteiger charge is -2.31. The Morgan fingerprint density at radius 1 is 1.13 bits per heavy atom. The van der Waals surface area contributed by atoms with Crippen molar-refractivity contribution in [1.82, 2.24) is 9.88 Å². The molecular weight excluding hydrogens is 312 g/mol. The van der Waals surface area contributed by atoms with Gasteiger partial charge in [-0.3, -0.25) is 9.88 Å². The van der Waals surface area contributed by atoms with Gasteiger partial charge in [0.1, 0.15) is 5.82 Å². The predicted molar refractivity (Wildman–Crippen MR) is 77.2 cm³/mol. The maximum absolute atomic E-state index is 13.1. The molecule has 0 amide bonds. The molecule has 0 bridgehead atoms. The summed E-state index contributed by atoms with van der Waals surface area (Å²) in [6.07, 6.45) is -4.08. The summed E-state index contributed by atoms with van der Waals surface area (Å²) in [4.78, 5) is 5.34. The molecule has 7 heteroatoms. The van der Waals surface area contributed by atoms with E-state index in [0.717, 1.165) is 0 Å². The molecule has 1 heterocycles. The minimum Gasteiger partial charge on any atom is -0.382 e. The highest BCUT2D eigenvalue weighted by Gasteiger charge is 2.39. The van der Waals surface area contributed by atoms with Gasteiger partial charge < -0.3 is 5.11 Å². The number of halogens is 4. The van der Waals surface area contributed by atoms with Crippen LogP contribution in [0.3, 0.4) is 0 Å². The van der Waals surface area contributed by atoms with Gasteiger partial charge in [-0.15, -0.1) is 0 Å². The summed E-state index contributed by atoms with van der Waals surface area (Å²) >= 11 is 0. The summed E-state index contributed by atoms with van der Waals surface area (Å²) in [5, 5.41) is 9.30. The first-order valence-electron chi connectivity index (χ1n) is 6.89. The molecule has 2 rings (SSSR count). The summed E-state index contributed by atoms with van der Waals surface area (Å²) in [5.74, 6) is -0.434. The van der Waals surface area contributed by atoms with E-state index in [1.165, 1.54) is 42.4 Å². The molecule has 0 aliphatic carbocycles. The zero-order chi connectivity index (χ0) is 17.0. The third kappa shape index (κ3) is 4.49. The molecule has 0 radical (unpaired) electrons. The Bertz CT molecular complexity index is 616. The van der Waals surface area contributed by atoms with Crippen LogP contribution in [0.25, 0.3) is 0 Å². The number of nitrogens with zero attached hydrogens (tertiary/aromatic N) is 2. The monoisotopic (exact) mass is 328 g/mol. The Labute approximate surface area is 131 Å². The molecule has 1 aromatic heterocycles. The van der Waals surface area contributed by atoms with Crippen molar-refractivity contribution in [3.05, 3.63) is 65.7 Å². The van der Waals surface area contributed by atoms with Gasteiger partial charge in [-0.1, -0.05) is 18.2 Å². The number of alkyl halides is 3. The molecule has 0 aliphatic heterocycles. The van der Waals surface area contributed by atoms with E-state index in [2.05, 4.69) is 4.98 Å². The summed E-state index contributed by atoms with van der Waals surface area (Å²) in [6.45, 7) is -0.611. The van der Waals surface area contributed by atoms with Crippen LogP contribution in [0.15, 0.2) is 48.8 Å². The molecule has 2 aromatic rings. The lowest BCUT2D eigenvalue weighted by Crippen LogP contribution is -2.41. The number of hydrogen-bond donors (Lipinski definition) is 1. The van der Waals surface area contributed by atoms with Crippen molar-refractivity contribution in [2.45, 2.75) is 18.3 Å². The first kappa shape index (κ1) is 17.4. The fourth-order valence-electron chi connectivity index (χ4n) is 2.37. The van der Waals surface area contributed by atoms with Crippen LogP contribution in [0, 0.1) is 5.82 Å². The van der Waals surface area contributed by atoms with Crippen molar-refractivity contribution in [2.75, 3.05) is 13.6 Å². The van der Waals surface area contributed by atoms with E-state index in [9.17, 15) is 22.7 Å². The van der Waals surface area contributed by atoms with Crippen molar-refractivity contribution in [1.29, 1.82) is 0 Å². The van der Waals surface area contributed by atoms with Crippen LogP contribution >= 0.6 is 0 Å². The number of likely N-dealkylation sites (N-methyl/N-ethyl adjacent to an activating group) is 1. The smallest absolute Gasteiger partial charge is 0.382 e.